The second kappa shape index (κ2) is 4.14. The van der Waals surface area contributed by atoms with E-state index in [-0.39, 0.29) is 5.78 Å². The molecule has 0 aliphatic rings. The van der Waals surface area contributed by atoms with Crippen molar-refractivity contribution in [3.8, 4) is 0 Å². The summed E-state index contributed by atoms with van der Waals surface area (Å²) < 4.78 is 1.88. The van der Waals surface area contributed by atoms with Crippen LogP contribution < -0.4 is 4.57 Å². The van der Waals surface area contributed by atoms with E-state index >= 15 is 0 Å². The minimum absolute atomic E-state index is 0.154. The molecule has 0 radical (unpaired) electrons. The number of aryl methyl sites for hydroxylation is 1. The highest BCUT2D eigenvalue weighted by atomic mass is 16.1. The third kappa shape index (κ3) is 2.95. The second-order valence-corrected chi connectivity index (χ2v) is 3.42. The molecule has 0 unspecified atom stereocenters. The van der Waals surface area contributed by atoms with E-state index in [1.807, 2.05) is 55.1 Å². The predicted molar refractivity (Wildman–Crippen MR) is 50.5 cm³/mol. The summed E-state index contributed by atoms with van der Waals surface area (Å²) in [6, 6.07) is 3.72. The van der Waals surface area contributed by atoms with Crippen LogP contribution in [0.5, 0.6) is 0 Å². The van der Waals surface area contributed by atoms with Crippen LogP contribution in [0.25, 0.3) is 0 Å². The van der Waals surface area contributed by atoms with Crippen molar-refractivity contribution in [3.05, 3.63) is 30.1 Å². The normalized spacial score (nSPS) is 10.5. The van der Waals surface area contributed by atoms with E-state index < -0.39 is 0 Å². The molecule has 1 aromatic rings. The third-order valence-electron chi connectivity index (χ3n) is 1.72. The fraction of sp³-hybridized carbons (Fsp3) is 0.400. The van der Waals surface area contributed by atoms with E-state index in [9.17, 15) is 4.79 Å². The van der Waals surface area contributed by atoms with Crippen molar-refractivity contribution in [2.24, 2.45) is 7.05 Å². The first-order valence-corrected chi connectivity index (χ1v) is 4.23. The molecule has 0 amide bonds. The van der Waals surface area contributed by atoms with Crippen LogP contribution in [0.2, 0.25) is 0 Å². The first-order valence-electron chi connectivity index (χ1n) is 4.23. The first kappa shape index (κ1) is 9.86. The molecule has 0 N–H and O–H groups in total. The summed E-state index contributed by atoms with van der Waals surface area (Å²) in [5, 5.41) is 0. The van der Waals surface area contributed by atoms with E-state index in [0.29, 0.717) is 6.54 Å². The summed E-state index contributed by atoms with van der Waals surface area (Å²) in [7, 11) is 5.69. The lowest BCUT2D eigenvalue weighted by atomic mass is 10.2. The number of rotatable bonds is 3. The van der Waals surface area contributed by atoms with Crippen molar-refractivity contribution < 1.29 is 9.36 Å². The molecule has 70 valence electrons. The number of nitrogens with zero attached hydrogens (tertiary/aromatic N) is 2. The fourth-order valence-electron chi connectivity index (χ4n) is 1.13. The van der Waals surface area contributed by atoms with Gasteiger partial charge in [0.2, 0.25) is 0 Å². The summed E-state index contributed by atoms with van der Waals surface area (Å²) >= 11 is 0. The van der Waals surface area contributed by atoms with Crippen molar-refractivity contribution in [3.63, 3.8) is 0 Å². The Labute approximate surface area is 78.6 Å². The maximum absolute atomic E-state index is 11.6. The molecule has 3 heteroatoms. The predicted octanol–water partition coefficient (Wildman–Crippen LogP) is 0.255. The monoisotopic (exact) mass is 179 g/mol. The van der Waals surface area contributed by atoms with Gasteiger partial charge < -0.3 is 4.90 Å². The maximum Gasteiger partial charge on any atom is 0.182 e. The Morgan fingerprint density at radius 3 is 2.77 bits per heavy atom. The van der Waals surface area contributed by atoms with Crippen LogP contribution in [-0.4, -0.2) is 31.3 Å². The van der Waals surface area contributed by atoms with Crippen LogP contribution in [0.1, 0.15) is 10.4 Å². The summed E-state index contributed by atoms with van der Waals surface area (Å²) in [6.07, 6.45) is 3.75. The largest absolute Gasteiger partial charge is 0.302 e. The zero-order chi connectivity index (χ0) is 9.84. The van der Waals surface area contributed by atoms with Crippen LogP contribution >= 0.6 is 0 Å². The number of hydrogen-bond acceptors (Lipinski definition) is 2. The summed E-state index contributed by atoms with van der Waals surface area (Å²) in [5.41, 5.74) is 0.763. The Bertz CT molecular complexity index is 308. The van der Waals surface area contributed by atoms with Gasteiger partial charge in [-0.15, -0.1) is 0 Å². The van der Waals surface area contributed by atoms with Gasteiger partial charge in [-0.25, -0.2) is 4.57 Å². The van der Waals surface area contributed by atoms with Crippen molar-refractivity contribution >= 4 is 5.78 Å². The molecule has 1 heterocycles. The van der Waals surface area contributed by atoms with Gasteiger partial charge in [-0.05, 0) is 20.2 Å². The number of Topliss-reactive ketones (excluding diaryl/α,β-unsaturated/α-hetero) is 1. The fourth-order valence-corrected chi connectivity index (χ4v) is 1.13. The Kier molecular flexibility index (Phi) is 3.14. The number of carbonyl (C=O) groups is 1. The summed E-state index contributed by atoms with van der Waals surface area (Å²) in [6.45, 7) is 0.462. The van der Waals surface area contributed by atoms with E-state index in [4.69, 9.17) is 0 Å². The molecule has 3 nitrogen and oxygen atoms in total. The molecule has 0 spiro atoms. The standard InChI is InChI=1S/C10H15N2O/c1-11(2)8-10(13)9-5-4-6-12(3)7-9/h4-7H,8H2,1-3H3/q+1. The number of likely N-dealkylation sites (N-methyl/N-ethyl adjacent to an activating group) is 1. The third-order valence-corrected chi connectivity index (χ3v) is 1.72. The van der Waals surface area contributed by atoms with Crippen LogP contribution in [0.15, 0.2) is 24.5 Å². The van der Waals surface area contributed by atoms with E-state index in [2.05, 4.69) is 0 Å². The van der Waals surface area contributed by atoms with Crippen LogP contribution in [-0.2, 0) is 7.05 Å². The lowest BCUT2D eigenvalue weighted by Crippen LogP contribution is -2.29. The Hall–Kier alpha value is -1.22. The van der Waals surface area contributed by atoms with Crippen LogP contribution in [0, 0.1) is 0 Å². The van der Waals surface area contributed by atoms with Gasteiger partial charge in [-0.2, -0.15) is 0 Å². The van der Waals surface area contributed by atoms with Crippen LogP contribution in [0.3, 0.4) is 0 Å². The molecular weight excluding hydrogens is 164 g/mol. The van der Waals surface area contributed by atoms with Crippen LogP contribution in [0.4, 0.5) is 0 Å². The molecule has 0 aliphatic carbocycles. The molecule has 0 saturated carbocycles. The van der Waals surface area contributed by atoms with Gasteiger partial charge in [0.05, 0.1) is 12.1 Å². The molecule has 0 atom stereocenters. The van der Waals surface area contributed by atoms with E-state index in [1.165, 1.54) is 0 Å². The van der Waals surface area contributed by atoms with Gasteiger partial charge >= 0.3 is 0 Å². The highest BCUT2D eigenvalue weighted by Crippen LogP contribution is 1.96. The molecule has 0 aromatic carbocycles. The highest BCUT2D eigenvalue weighted by Gasteiger charge is 2.09. The molecule has 1 rings (SSSR count). The molecule has 13 heavy (non-hydrogen) atoms. The molecular formula is C10H15N2O+. The minimum Gasteiger partial charge on any atom is -0.302 e. The number of carbonyl (C=O) groups excluding carboxylic acids is 1. The van der Waals surface area contributed by atoms with E-state index in [1.54, 1.807) is 0 Å². The minimum atomic E-state index is 0.154. The SMILES string of the molecule is CN(C)CC(=O)c1ccc[n+](C)c1. The summed E-state index contributed by atoms with van der Waals surface area (Å²) in [5.74, 6) is 0.154. The maximum atomic E-state index is 11.6. The number of aromatic nitrogens is 1. The van der Waals surface area contributed by atoms with Gasteiger partial charge in [-0.3, -0.25) is 4.79 Å². The molecule has 0 bridgehead atoms. The Morgan fingerprint density at radius 1 is 1.54 bits per heavy atom. The highest BCUT2D eigenvalue weighted by molar-refractivity contribution is 5.97. The number of pyridine rings is 1. The van der Waals surface area contributed by atoms with Crippen molar-refractivity contribution in [1.82, 2.24) is 4.90 Å². The molecule has 0 aliphatic heterocycles. The second-order valence-electron chi connectivity index (χ2n) is 3.42. The lowest BCUT2D eigenvalue weighted by molar-refractivity contribution is -0.671. The van der Waals surface area contributed by atoms with Gasteiger partial charge in [0.25, 0.3) is 0 Å². The average Bonchev–Trinajstić information content (AvgIpc) is 2.03. The van der Waals surface area contributed by atoms with Crippen molar-refractivity contribution in [2.45, 2.75) is 0 Å². The number of hydrogen-bond donors (Lipinski definition) is 0. The van der Waals surface area contributed by atoms with E-state index in [0.717, 1.165) is 5.56 Å². The Balaban J connectivity index is 2.77. The van der Waals surface area contributed by atoms with Gasteiger partial charge in [-0.1, -0.05) is 0 Å². The molecule has 0 fully saturated rings. The lowest BCUT2D eigenvalue weighted by Gasteiger charge is -2.06. The average molecular weight is 179 g/mol. The first-order chi connectivity index (χ1) is 6.09. The molecule has 1 aromatic heterocycles. The van der Waals surface area contributed by atoms with Gasteiger partial charge in [0, 0.05) is 6.07 Å². The zero-order valence-electron chi connectivity index (χ0n) is 8.32. The molecule has 0 saturated heterocycles. The topological polar surface area (TPSA) is 24.2 Å². The van der Waals surface area contributed by atoms with Gasteiger partial charge in [0.1, 0.15) is 7.05 Å². The Morgan fingerprint density at radius 2 is 2.23 bits per heavy atom. The smallest absolute Gasteiger partial charge is 0.182 e. The number of ketones is 1. The quantitative estimate of drug-likeness (QED) is 0.491. The van der Waals surface area contributed by atoms with Gasteiger partial charge in [0.15, 0.2) is 18.2 Å². The zero-order valence-corrected chi connectivity index (χ0v) is 8.32. The van der Waals surface area contributed by atoms with Crippen molar-refractivity contribution in [1.29, 1.82) is 0 Å². The summed E-state index contributed by atoms with van der Waals surface area (Å²) in [4.78, 5) is 13.4. The van der Waals surface area contributed by atoms with Crippen molar-refractivity contribution in [2.75, 3.05) is 20.6 Å².